The SMILES string of the molecule is CC(C)NC(=O)C1CCC(=O)N1C1CCN(C(=O)C2CCCCC2)CC1. The summed E-state index contributed by atoms with van der Waals surface area (Å²) >= 11 is 0. The van der Waals surface area contributed by atoms with Gasteiger partial charge in [-0.3, -0.25) is 14.4 Å². The predicted octanol–water partition coefficient (Wildman–Crippen LogP) is 2.07. The zero-order chi connectivity index (χ0) is 18.7. The highest BCUT2D eigenvalue weighted by atomic mass is 16.2. The molecule has 1 aliphatic carbocycles. The Morgan fingerprint density at radius 3 is 2.27 bits per heavy atom. The number of likely N-dealkylation sites (tertiary alicyclic amines) is 2. The normalized spacial score (nSPS) is 25.8. The lowest BCUT2D eigenvalue weighted by Crippen LogP contribution is -2.54. The molecule has 6 heteroatoms. The first-order chi connectivity index (χ1) is 12.5. The van der Waals surface area contributed by atoms with E-state index in [-0.39, 0.29) is 35.9 Å². The second-order valence-corrected chi connectivity index (χ2v) is 8.41. The van der Waals surface area contributed by atoms with Crippen LogP contribution < -0.4 is 5.32 Å². The molecule has 0 aromatic rings. The number of piperidine rings is 1. The molecule has 1 saturated carbocycles. The van der Waals surface area contributed by atoms with Gasteiger partial charge in [-0.15, -0.1) is 0 Å². The third-order valence-electron chi connectivity index (χ3n) is 6.11. The Bertz CT molecular complexity index is 534. The highest BCUT2D eigenvalue weighted by Gasteiger charge is 2.42. The van der Waals surface area contributed by atoms with Crippen molar-refractivity contribution >= 4 is 17.7 Å². The fraction of sp³-hybridized carbons (Fsp3) is 0.850. The first-order valence-electron chi connectivity index (χ1n) is 10.4. The highest BCUT2D eigenvalue weighted by Crippen LogP contribution is 2.30. The molecule has 26 heavy (non-hydrogen) atoms. The summed E-state index contributed by atoms with van der Waals surface area (Å²) in [7, 11) is 0. The molecule has 3 aliphatic rings. The maximum atomic E-state index is 12.7. The van der Waals surface area contributed by atoms with Crippen LogP contribution in [0.3, 0.4) is 0 Å². The molecule has 0 bridgehead atoms. The van der Waals surface area contributed by atoms with Gasteiger partial charge in [0.1, 0.15) is 6.04 Å². The van der Waals surface area contributed by atoms with Crippen LogP contribution >= 0.6 is 0 Å². The third kappa shape index (κ3) is 4.21. The Morgan fingerprint density at radius 1 is 1.00 bits per heavy atom. The first kappa shape index (κ1) is 19.2. The maximum Gasteiger partial charge on any atom is 0.243 e. The van der Waals surface area contributed by atoms with Gasteiger partial charge in [0.15, 0.2) is 0 Å². The summed E-state index contributed by atoms with van der Waals surface area (Å²) < 4.78 is 0. The van der Waals surface area contributed by atoms with Crippen LogP contribution in [0.25, 0.3) is 0 Å². The fourth-order valence-corrected chi connectivity index (χ4v) is 4.77. The third-order valence-corrected chi connectivity index (χ3v) is 6.11. The molecule has 1 N–H and O–H groups in total. The van der Waals surface area contributed by atoms with Crippen molar-refractivity contribution in [2.45, 2.75) is 89.8 Å². The van der Waals surface area contributed by atoms with Crippen LogP contribution in [0.1, 0.15) is 71.6 Å². The van der Waals surface area contributed by atoms with Crippen LogP contribution in [0.4, 0.5) is 0 Å². The van der Waals surface area contributed by atoms with E-state index < -0.39 is 0 Å². The number of rotatable bonds is 4. The molecule has 2 aliphatic heterocycles. The zero-order valence-electron chi connectivity index (χ0n) is 16.2. The summed E-state index contributed by atoms with van der Waals surface area (Å²) in [5.74, 6) is 0.570. The van der Waals surface area contributed by atoms with Crippen LogP contribution in [0.5, 0.6) is 0 Å². The summed E-state index contributed by atoms with van der Waals surface area (Å²) in [5.41, 5.74) is 0. The molecule has 3 fully saturated rings. The molecule has 3 rings (SSSR count). The van der Waals surface area contributed by atoms with Gasteiger partial charge >= 0.3 is 0 Å². The lowest BCUT2D eigenvalue weighted by Gasteiger charge is -2.40. The van der Waals surface area contributed by atoms with Crippen LogP contribution in [-0.4, -0.2) is 58.7 Å². The molecule has 3 amide bonds. The van der Waals surface area contributed by atoms with E-state index in [0.717, 1.165) is 25.7 Å². The van der Waals surface area contributed by atoms with E-state index in [1.54, 1.807) is 0 Å². The maximum absolute atomic E-state index is 12.7. The lowest BCUT2D eigenvalue weighted by atomic mass is 9.87. The molecule has 146 valence electrons. The van der Waals surface area contributed by atoms with Crippen molar-refractivity contribution < 1.29 is 14.4 Å². The van der Waals surface area contributed by atoms with Gasteiger partial charge in [-0.05, 0) is 46.0 Å². The minimum absolute atomic E-state index is 0.0356. The van der Waals surface area contributed by atoms with Gasteiger partial charge in [-0.25, -0.2) is 0 Å². The van der Waals surface area contributed by atoms with Crippen LogP contribution in [0, 0.1) is 5.92 Å². The quantitative estimate of drug-likeness (QED) is 0.831. The second kappa shape index (κ2) is 8.40. The summed E-state index contributed by atoms with van der Waals surface area (Å²) in [5, 5.41) is 2.95. The van der Waals surface area contributed by atoms with Crippen LogP contribution in [0.2, 0.25) is 0 Å². The molecular formula is C20H33N3O3. The number of carbonyl (C=O) groups is 3. The van der Waals surface area contributed by atoms with E-state index >= 15 is 0 Å². The largest absolute Gasteiger partial charge is 0.352 e. The zero-order valence-corrected chi connectivity index (χ0v) is 16.2. The first-order valence-corrected chi connectivity index (χ1v) is 10.4. The van der Waals surface area contributed by atoms with Crippen molar-refractivity contribution in [3.05, 3.63) is 0 Å². The highest BCUT2D eigenvalue weighted by molar-refractivity contribution is 5.91. The molecule has 1 atom stereocenters. The Morgan fingerprint density at radius 2 is 1.65 bits per heavy atom. The predicted molar refractivity (Wildman–Crippen MR) is 99.3 cm³/mol. The molecular weight excluding hydrogens is 330 g/mol. The average Bonchev–Trinajstić information content (AvgIpc) is 3.03. The van der Waals surface area contributed by atoms with Crippen molar-refractivity contribution in [2.24, 2.45) is 5.92 Å². The Balaban J connectivity index is 1.56. The Hall–Kier alpha value is -1.59. The minimum Gasteiger partial charge on any atom is -0.352 e. The topological polar surface area (TPSA) is 69.7 Å². The van der Waals surface area contributed by atoms with Gasteiger partial charge in [-0.1, -0.05) is 19.3 Å². The number of nitrogens with zero attached hydrogens (tertiary/aromatic N) is 2. The Labute approximate surface area is 156 Å². The lowest BCUT2D eigenvalue weighted by molar-refractivity contribution is -0.142. The van der Waals surface area contributed by atoms with Crippen molar-refractivity contribution in [2.75, 3.05) is 13.1 Å². The molecule has 0 aromatic heterocycles. The Kier molecular flexibility index (Phi) is 6.20. The molecule has 0 spiro atoms. The van der Waals surface area contributed by atoms with Gasteiger partial charge in [0, 0.05) is 37.5 Å². The average molecular weight is 364 g/mol. The fourth-order valence-electron chi connectivity index (χ4n) is 4.77. The monoisotopic (exact) mass is 363 g/mol. The summed E-state index contributed by atoms with van der Waals surface area (Å²) in [4.78, 5) is 41.4. The van der Waals surface area contributed by atoms with Crippen molar-refractivity contribution in [3.63, 3.8) is 0 Å². The molecule has 2 saturated heterocycles. The summed E-state index contributed by atoms with van der Waals surface area (Å²) in [6.07, 6.45) is 8.29. The molecule has 0 aromatic carbocycles. The van der Waals surface area contributed by atoms with Crippen molar-refractivity contribution in [3.8, 4) is 0 Å². The molecule has 1 unspecified atom stereocenters. The second-order valence-electron chi connectivity index (χ2n) is 8.41. The van der Waals surface area contributed by atoms with Gasteiger partial charge in [0.25, 0.3) is 0 Å². The number of amides is 3. The van der Waals surface area contributed by atoms with Crippen molar-refractivity contribution in [1.29, 1.82) is 0 Å². The molecule has 2 heterocycles. The smallest absolute Gasteiger partial charge is 0.243 e. The summed E-state index contributed by atoms with van der Waals surface area (Å²) in [6.45, 7) is 5.30. The summed E-state index contributed by atoms with van der Waals surface area (Å²) in [6, 6.07) is -0.172. The van der Waals surface area contributed by atoms with E-state index in [2.05, 4.69) is 5.32 Å². The molecule has 0 radical (unpaired) electrons. The number of carbonyl (C=O) groups excluding carboxylic acids is 3. The van der Waals surface area contributed by atoms with E-state index in [9.17, 15) is 14.4 Å². The van der Waals surface area contributed by atoms with E-state index in [4.69, 9.17) is 0 Å². The van der Waals surface area contributed by atoms with E-state index in [1.165, 1.54) is 19.3 Å². The molecule has 6 nitrogen and oxygen atoms in total. The van der Waals surface area contributed by atoms with E-state index in [1.807, 2.05) is 23.6 Å². The van der Waals surface area contributed by atoms with Crippen molar-refractivity contribution in [1.82, 2.24) is 15.1 Å². The number of hydrogen-bond acceptors (Lipinski definition) is 3. The van der Waals surface area contributed by atoms with Gasteiger partial charge < -0.3 is 15.1 Å². The number of nitrogens with one attached hydrogen (secondary N) is 1. The van der Waals surface area contributed by atoms with Crippen LogP contribution in [0.15, 0.2) is 0 Å². The standard InChI is InChI=1S/C20H33N3O3/c1-14(2)21-19(25)17-8-9-18(24)23(17)16-10-12-22(13-11-16)20(26)15-6-4-3-5-7-15/h14-17H,3-13H2,1-2H3,(H,21,25). The van der Waals surface area contributed by atoms with Gasteiger partial charge in [0.05, 0.1) is 0 Å². The van der Waals surface area contributed by atoms with E-state index in [0.29, 0.717) is 31.8 Å². The van der Waals surface area contributed by atoms with Crippen LogP contribution in [-0.2, 0) is 14.4 Å². The number of hydrogen-bond donors (Lipinski definition) is 1. The van der Waals surface area contributed by atoms with Gasteiger partial charge in [0.2, 0.25) is 17.7 Å². The van der Waals surface area contributed by atoms with Gasteiger partial charge in [-0.2, -0.15) is 0 Å². The minimum atomic E-state index is -0.338.